The van der Waals surface area contributed by atoms with Gasteiger partial charge in [0, 0.05) is 63.8 Å². The molecule has 0 aliphatic carbocycles. The number of ether oxygens (including phenoxy) is 1. The SMILES string of the molecule is COC1CNC(Cl)CC1C1CC(C)NCC1C(=O)NC1NC2CN(C(=O)C3NCNCC3Cl)CC2S1. The monoisotopic (exact) mass is 563 g/mol. The van der Waals surface area contributed by atoms with Crippen LogP contribution in [0.3, 0.4) is 0 Å². The molecule has 204 valence electrons. The van der Waals surface area contributed by atoms with Crippen molar-refractivity contribution in [3.8, 4) is 0 Å². The Morgan fingerprint density at radius 3 is 2.64 bits per heavy atom. The highest BCUT2D eigenvalue weighted by Crippen LogP contribution is 2.38. The molecular formula is C23H39Cl2N7O3S. The molecule has 36 heavy (non-hydrogen) atoms. The molecule has 0 radical (unpaired) electrons. The van der Waals surface area contributed by atoms with Gasteiger partial charge in [-0.1, -0.05) is 0 Å². The third kappa shape index (κ3) is 5.79. The van der Waals surface area contributed by atoms with Gasteiger partial charge in [-0.3, -0.25) is 25.5 Å². The van der Waals surface area contributed by atoms with Crippen LogP contribution in [0.1, 0.15) is 19.8 Å². The highest BCUT2D eigenvalue weighted by molar-refractivity contribution is 8.00. The number of halogens is 2. The minimum atomic E-state index is -0.358. The van der Waals surface area contributed by atoms with Crippen LogP contribution in [-0.4, -0.2) is 109 Å². The fraction of sp³-hybridized carbons (Fsp3) is 0.913. The molecule has 13 heteroatoms. The van der Waals surface area contributed by atoms with E-state index in [4.69, 9.17) is 27.9 Å². The topological polar surface area (TPSA) is 119 Å². The van der Waals surface area contributed by atoms with E-state index in [1.807, 2.05) is 4.90 Å². The predicted octanol–water partition coefficient (Wildman–Crippen LogP) is -0.768. The van der Waals surface area contributed by atoms with Crippen LogP contribution < -0.4 is 31.9 Å². The molecule has 2 amide bonds. The van der Waals surface area contributed by atoms with E-state index in [-0.39, 0.29) is 69.4 Å². The summed E-state index contributed by atoms with van der Waals surface area (Å²) in [6.07, 6.45) is 1.77. The second-order valence-corrected chi connectivity index (χ2v) is 13.2. The summed E-state index contributed by atoms with van der Waals surface area (Å²) < 4.78 is 5.79. The van der Waals surface area contributed by atoms with E-state index in [1.54, 1.807) is 18.9 Å². The van der Waals surface area contributed by atoms with E-state index in [0.717, 1.165) is 12.8 Å². The number of nitrogens with zero attached hydrogens (tertiary/aromatic N) is 1. The van der Waals surface area contributed by atoms with Crippen LogP contribution >= 0.6 is 35.0 Å². The van der Waals surface area contributed by atoms with E-state index in [0.29, 0.717) is 45.4 Å². The standard InChI is InChI=1S/C23H39Cl2N7O3S/c1-11-3-12(13-4-19(25)28-7-17(13)35-2)14(5-27-11)21(33)31-23-30-16-8-32(9-18(16)36-23)22(34)20-15(24)6-26-10-29-20/h11-20,23,26-30H,3-10H2,1-2H3,(H,31,33). The smallest absolute Gasteiger partial charge is 0.241 e. The molecule has 11 unspecified atom stereocenters. The highest BCUT2D eigenvalue weighted by Gasteiger charge is 2.47. The number of methoxy groups -OCH3 is 1. The number of nitrogens with one attached hydrogen (secondary N) is 6. The molecule has 5 heterocycles. The summed E-state index contributed by atoms with van der Waals surface area (Å²) in [5.41, 5.74) is -0.254. The van der Waals surface area contributed by atoms with Crippen LogP contribution in [0.15, 0.2) is 0 Å². The van der Waals surface area contributed by atoms with Crippen molar-refractivity contribution in [2.24, 2.45) is 17.8 Å². The molecule has 0 bridgehead atoms. The maximum Gasteiger partial charge on any atom is 0.241 e. The van der Waals surface area contributed by atoms with Crippen molar-refractivity contribution in [1.29, 1.82) is 0 Å². The summed E-state index contributed by atoms with van der Waals surface area (Å²) in [5, 5.41) is 19.9. The van der Waals surface area contributed by atoms with Crippen molar-refractivity contribution >= 4 is 46.8 Å². The summed E-state index contributed by atoms with van der Waals surface area (Å²) >= 11 is 14.5. The molecule has 0 aromatic rings. The van der Waals surface area contributed by atoms with Gasteiger partial charge in [-0.25, -0.2) is 0 Å². The lowest BCUT2D eigenvalue weighted by Crippen LogP contribution is -2.59. The lowest BCUT2D eigenvalue weighted by molar-refractivity contribution is -0.133. The van der Waals surface area contributed by atoms with E-state index in [9.17, 15) is 9.59 Å². The van der Waals surface area contributed by atoms with Gasteiger partial charge < -0.3 is 25.6 Å². The molecule has 11 atom stereocenters. The molecule has 5 aliphatic heterocycles. The normalized spacial score (nSPS) is 45.3. The Morgan fingerprint density at radius 1 is 1.06 bits per heavy atom. The first-order valence-electron chi connectivity index (χ1n) is 13.1. The van der Waals surface area contributed by atoms with Crippen LogP contribution in [0, 0.1) is 17.8 Å². The minimum Gasteiger partial charge on any atom is -0.380 e. The van der Waals surface area contributed by atoms with E-state index < -0.39 is 0 Å². The molecule has 0 aromatic carbocycles. The van der Waals surface area contributed by atoms with Crippen molar-refractivity contribution in [2.45, 2.75) is 65.6 Å². The third-order valence-corrected chi connectivity index (χ3v) is 10.5. The number of carbonyl (C=O) groups excluding carboxylic acids is 2. The Hall–Kier alpha value is -0.370. The molecule has 0 saturated carbocycles. The Kier molecular flexibility index (Phi) is 8.91. The summed E-state index contributed by atoms with van der Waals surface area (Å²) in [6.45, 7) is 6.04. The Bertz CT molecular complexity index is 802. The highest BCUT2D eigenvalue weighted by atomic mass is 35.5. The van der Waals surface area contributed by atoms with Crippen LogP contribution in [0.2, 0.25) is 0 Å². The molecule has 5 aliphatic rings. The van der Waals surface area contributed by atoms with Crippen LogP contribution in [0.4, 0.5) is 0 Å². The van der Waals surface area contributed by atoms with Gasteiger partial charge in [-0.15, -0.1) is 35.0 Å². The molecule has 6 N–H and O–H groups in total. The number of carbonyl (C=O) groups is 2. The number of hydrogen-bond acceptors (Lipinski definition) is 9. The maximum atomic E-state index is 13.5. The van der Waals surface area contributed by atoms with Crippen molar-refractivity contribution in [3.63, 3.8) is 0 Å². The van der Waals surface area contributed by atoms with Gasteiger partial charge in [0.25, 0.3) is 0 Å². The Labute approximate surface area is 227 Å². The lowest BCUT2D eigenvalue weighted by atomic mass is 9.70. The average molecular weight is 565 g/mol. The molecule has 10 nitrogen and oxygen atoms in total. The van der Waals surface area contributed by atoms with Gasteiger partial charge in [0.1, 0.15) is 11.5 Å². The summed E-state index contributed by atoms with van der Waals surface area (Å²) in [4.78, 5) is 28.4. The molecule has 5 rings (SSSR count). The summed E-state index contributed by atoms with van der Waals surface area (Å²) in [5.74, 6) is 0.427. The number of hydrogen-bond donors (Lipinski definition) is 6. The fourth-order valence-corrected chi connectivity index (χ4v) is 8.53. The summed E-state index contributed by atoms with van der Waals surface area (Å²) in [6, 6.07) is 0.146. The zero-order valence-electron chi connectivity index (χ0n) is 20.8. The Morgan fingerprint density at radius 2 is 1.89 bits per heavy atom. The van der Waals surface area contributed by atoms with E-state index in [1.165, 1.54) is 0 Å². The molecule has 0 aromatic heterocycles. The second-order valence-electron chi connectivity index (χ2n) is 10.8. The third-order valence-electron chi connectivity index (χ3n) is 8.46. The number of piperidine rings is 2. The van der Waals surface area contributed by atoms with Crippen molar-refractivity contribution in [3.05, 3.63) is 0 Å². The molecular weight excluding hydrogens is 525 g/mol. The van der Waals surface area contributed by atoms with Gasteiger partial charge in [0.2, 0.25) is 11.8 Å². The first-order chi connectivity index (χ1) is 17.3. The number of likely N-dealkylation sites (tertiary alicyclic amines) is 1. The zero-order valence-corrected chi connectivity index (χ0v) is 23.2. The van der Waals surface area contributed by atoms with Gasteiger partial charge in [0.15, 0.2) is 0 Å². The number of alkyl halides is 2. The zero-order chi connectivity index (χ0) is 25.4. The minimum absolute atomic E-state index is 0.0504. The number of fused-ring (bicyclic) bond motifs is 1. The largest absolute Gasteiger partial charge is 0.380 e. The van der Waals surface area contributed by atoms with Gasteiger partial charge >= 0.3 is 0 Å². The second kappa shape index (κ2) is 11.8. The first kappa shape index (κ1) is 27.2. The van der Waals surface area contributed by atoms with Crippen molar-refractivity contribution in [1.82, 2.24) is 36.8 Å². The lowest BCUT2D eigenvalue weighted by Gasteiger charge is -2.45. The number of thioether (sulfide) groups is 1. The van der Waals surface area contributed by atoms with Gasteiger partial charge in [0.05, 0.1) is 22.9 Å². The van der Waals surface area contributed by atoms with Crippen molar-refractivity contribution in [2.75, 3.05) is 46.5 Å². The maximum absolute atomic E-state index is 13.5. The first-order valence-corrected chi connectivity index (χ1v) is 14.9. The van der Waals surface area contributed by atoms with E-state index >= 15 is 0 Å². The van der Waals surface area contributed by atoms with Crippen LogP contribution in [-0.2, 0) is 14.3 Å². The fourth-order valence-electron chi connectivity index (χ4n) is 6.52. The average Bonchev–Trinajstić information content (AvgIpc) is 3.42. The van der Waals surface area contributed by atoms with E-state index in [2.05, 4.69) is 38.8 Å². The predicted molar refractivity (Wildman–Crippen MR) is 142 cm³/mol. The Balaban J connectivity index is 1.17. The van der Waals surface area contributed by atoms with Gasteiger partial charge in [-0.05, 0) is 31.6 Å². The van der Waals surface area contributed by atoms with Gasteiger partial charge in [-0.2, -0.15) is 0 Å². The summed E-state index contributed by atoms with van der Waals surface area (Å²) in [7, 11) is 1.74. The van der Waals surface area contributed by atoms with Crippen LogP contribution in [0.25, 0.3) is 0 Å². The molecule has 0 spiro atoms. The number of amides is 2. The molecule has 5 saturated heterocycles. The quantitative estimate of drug-likeness (QED) is 0.189. The van der Waals surface area contributed by atoms with Crippen LogP contribution in [0.5, 0.6) is 0 Å². The van der Waals surface area contributed by atoms with Crippen molar-refractivity contribution < 1.29 is 14.3 Å². The molecule has 5 fully saturated rings. The number of rotatable bonds is 5.